The van der Waals surface area contributed by atoms with Crippen molar-refractivity contribution in [2.45, 2.75) is 44.9 Å². The Bertz CT molecular complexity index is 555. The summed E-state index contributed by atoms with van der Waals surface area (Å²) in [5, 5.41) is 21.1. The summed E-state index contributed by atoms with van der Waals surface area (Å²) in [4.78, 5) is 22.8. The molecule has 1 rings (SSSR count). The third-order valence-corrected chi connectivity index (χ3v) is 2.73. The zero-order chi connectivity index (χ0) is 17.0. The van der Waals surface area contributed by atoms with Gasteiger partial charge in [0, 0.05) is 6.42 Å². The number of aliphatic hydroxyl groups is 1. The van der Waals surface area contributed by atoms with E-state index in [0.717, 1.165) is 0 Å². The Kier molecular flexibility index (Phi) is 5.48. The van der Waals surface area contributed by atoms with Crippen molar-refractivity contribution in [3.05, 3.63) is 35.6 Å². The number of ether oxygens (including phenoxy) is 1. The van der Waals surface area contributed by atoms with Gasteiger partial charge in [-0.1, -0.05) is 12.1 Å². The van der Waals surface area contributed by atoms with Crippen LogP contribution >= 0.6 is 0 Å². The maximum absolute atomic E-state index is 13.1. The van der Waals surface area contributed by atoms with Crippen molar-refractivity contribution in [3.8, 4) is 0 Å². The first-order chi connectivity index (χ1) is 10.0. The summed E-state index contributed by atoms with van der Waals surface area (Å²) < 4.78 is 18.0. The summed E-state index contributed by atoms with van der Waals surface area (Å²) in [6.07, 6.45) is -1.31. The van der Waals surface area contributed by atoms with Crippen LogP contribution in [-0.4, -0.2) is 33.6 Å². The highest BCUT2D eigenvalue weighted by atomic mass is 19.1. The molecule has 0 aromatic heterocycles. The van der Waals surface area contributed by atoms with Crippen molar-refractivity contribution in [2.24, 2.45) is 0 Å². The zero-order valence-electron chi connectivity index (χ0n) is 12.7. The van der Waals surface area contributed by atoms with Gasteiger partial charge in [0.2, 0.25) is 5.72 Å². The molecule has 0 aliphatic carbocycles. The van der Waals surface area contributed by atoms with Gasteiger partial charge < -0.3 is 14.9 Å². The number of carboxylic acids is 1. The molecule has 6 nitrogen and oxygen atoms in total. The van der Waals surface area contributed by atoms with Crippen LogP contribution in [0.2, 0.25) is 0 Å². The third kappa shape index (κ3) is 5.69. The molecule has 1 amide bonds. The summed E-state index contributed by atoms with van der Waals surface area (Å²) in [5.41, 5.74) is -2.81. The molecule has 1 atom stereocenters. The lowest BCUT2D eigenvalue weighted by Crippen LogP contribution is -2.55. The van der Waals surface area contributed by atoms with Gasteiger partial charge in [-0.05, 0) is 44.9 Å². The zero-order valence-corrected chi connectivity index (χ0v) is 12.7. The molecule has 0 fully saturated rings. The van der Waals surface area contributed by atoms with Crippen LogP contribution in [0.4, 0.5) is 9.18 Å². The van der Waals surface area contributed by atoms with E-state index in [4.69, 9.17) is 9.84 Å². The summed E-state index contributed by atoms with van der Waals surface area (Å²) in [6, 6.07) is 5.56. The Balaban J connectivity index is 2.75. The van der Waals surface area contributed by atoms with Crippen molar-refractivity contribution in [1.29, 1.82) is 0 Å². The van der Waals surface area contributed by atoms with Crippen molar-refractivity contribution < 1.29 is 28.9 Å². The molecule has 3 N–H and O–H groups in total. The van der Waals surface area contributed by atoms with Gasteiger partial charge in [0.15, 0.2) is 0 Å². The lowest BCUT2D eigenvalue weighted by molar-refractivity contribution is -0.162. The van der Waals surface area contributed by atoms with Crippen LogP contribution in [-0.2, 0) is 16.0 Å². The van der Waals surface area contributed by atoms with Crippen molar-refractivity contribution in [3.63, 3.8) is 0 Å². The number of nitrogens with one attached hydrogen (secondary N) is 1. The third-order valence-electron chi connectivity index (χ3n) is 2.73. The van der Waals surface area contributed by atoms with Gasteiger partial charge in [0.05, 0.1) is 0 Å². The SMILES string of the molecule is CC(C)(C)OC(=O)N[C@](O)(CCc1cccc(F)c1)C(=O)O. The predicted octanol–water partition coefficient (Wildman–Crippen LogP) is 2.06. The van der Waals surface area contributed by atoms with Crippen LogP contribution in [0.15, 0.2) is 24.3 Å². The van der Waals surface area contributed by atoms with Crippen molar-refractivity contribution >= 4 is 12.1 Å². The van der Waals surface area contributed by atoms with Crippen LogP contribution in [0.25, 0.3) is 0 Å². The van der Waals surface area contributed by atoms with Gasteiger partial charge >= 0.3 is 12.1 Å². The fourth-order valence-electron chi connectivity index (χ4n) is 1.71. The number of amides is 1. The summed E-state index contributed by atoms with van der Waals surface area (Å²) in [6.45, 7) is 4.83. The maximum atomic E-state index is 13.1. The minimum absolute atomic E-state index is 0.0658. The van der Waals surface area contributed by atoms with E-state index in [-0.39, 0.29) is 12.8 Å². The van der Waals surface area contributed by atoms with E-state index in [1.165, 1.54) is 18.2 Å². The normalized spacial score (nSPS) is 14.0. The second kappa shape index (κ2) is 6.74. The summed E-state index contributed by atoms with van der Waals surface area (Å²) in [5.74, 6) is -2.08. The number of benzene rings is 1. The molecule has 1 aromatic carbocycles. The van der Waals surface area contributed by atoms with Gasteiger partial charge in [0.1, 0.15) is 11.4 Å². The molecule has 22 heavy (non-hydrogen) atoms. The number of hydrogen-bond acceptors (Lipinski definition) is 4. The Morgan fingerprint density at radius 1 is 1.32 bits per heavy atom. The number of halogens is 1. The molecule has 0 saturated carbocycles. The fourth-order valence-corrected chi connectivity index (χ4v) is 1.71. The number of carbonyl (C=O) groups excluding carboxylic acids is 1. The Morgan fingerprint density at radius 2 is 1.95 bits per heavy atom. The van der Waals surface area contributed by atoms with Crippen LogP contribution < -0.4 is 5.32 Å². The number of rotatable bonds is 5. The average Bonchev–Trinajstić information content (AvgIpc) is 2.34. The number of alkyl carbamates (subject to hydrolysis) is 1. The summed E-state index contributed by atoms with van der Waals surface area (Å²) in [7, 11) is 0. The van der Waals surface area contributed by atoms with E-state index < -0.39 is 29.2 Å². The highest BCUT2D eigenvalue weighted by Gasteiger charge is 2.38. The topological polar surface area (TPSA) is 95.9 Å². The smallest absolute Gasteiger partial charge is 0.410 e. The van der Waals surface area contributed by atoms with E-state index in [0.29, 0.717) is 5.56 Å². The van der Waals surface area contributed by atoms with E-state index in [1.807, 2.05) is 5.32 Å². The highest BCUT2D eigenvalue weighted by molar-refractivity contribution is 5.82. The average molecular weight is 313 g/mol. The largest absolute Gasteiger partial charge is 0.478 e. The predicted molar refractivity (Wildman–Crippen MR) is 76.7 cm³/mol. The van der Waals surface area contributed by atoms with Crippen molar-refractivity contribution in [1.82, 2.24) is 5.32 Å². The monoisotopic (exact) mass is 313 g/mol. The molecule has 0 aliphatic rings. The van der Waals surface area contributed by atoms with Gasteiger partial charge in [0.25, 0.3) is 0 Å². The van der Waals surface area contributed by atoms with Gasteiger partial charge in [-0.15, -0.1) is 0 Å². The number of carboxylic acid groups (broad SMARTS) is 1. The van der Waals surface area contributed by atoms with Crippen LogP contribution in [0.5, 0.6) is 0 Å². The molecule has 0 bridgehead atoms. The minimum atomic E-state index is -2.49. The Hall–Kier alpha value is -2.15. The van der Waals surface area contributed by atoms with Gasteiger partial charge in [-0.2, -0.15) is 0 Å². The molecule has 1 aromatic rings. The first-order valence-electron chi connectivity index (χ1n) is 6.73. The van der Waals surface area contributed by atoms with Crippen LogP contribution in [0.1, 0.15) is 32.8 Å². The van der Waals surface area contributed by atoms with Gasteiger partial charge in [-0.3, -0.25) is 5.32 Å². The second-order valence-corrected chi connectivity index (χ2v) is 5.92. The van der Waals surface area contributed by atoms with Crippen LogP contribution in [0, 0.1) is 5.82 Å². The molecular formula is C15H20FNO5. The first kappa shape index (κ1) is 17.9. The molecule has 0 heterocycles. The quantitative estimate of drug-likeness (QED) is 0.723. The lowest BCUT2D eigenvalue weighted by Gasteiger charge is -2.27. The molecule has 0 unspecified atom stereocenters. The number of aliphatic carboxylic acids is 1. The highest BCUT2D eigenvalue weighted by Crippen LogP contribution is 2.15. The van der Waals surface area contributed by atoms with Gasteiger partial charge in [-0.25, -0.2) is 14.0 Å². The molecule has 0 spiro atoms. The molecule has 122 valence electrons. The van der Waals surface area contributed by atoms with Crippen LogP contribution in [0.3, 0.4) is 0 Å². The van der Waals surface area contributed by atoms with Crippen molar-refractivity contribution in [2.75, 3.05) is 0 Å². The number of hydrogen-bond donors (Lipinski definition) is 3. The molecule has 7 heteroatoms. The summed E-state index contributed by atoms with van der Waals surface area (Å²) >= 11 is 0. The Labute approximate surface area is 127 Å². The minimum Gasteiger partial charge on any atom is -0.478 e. The lowest BCUT2D eigenvalue weighted by atomic mass is 10.0. The molecular weight excluding hydrogens is 293 g/mol. The van der Waals surface area contributed by atoms with E-state index in [2.05, 4.69) is 0 Å². The van der Waals surface area contributed by atoms with E-state index in [1.54, 1.807) is 26.8 Å². The van der Waals surface area contributed by atoms with E-state index >= 15 is 0 Å². The molecule has 0 saturated heterocycles. The number of carbonyl (C=O) groups is 2. The molecule has 0 aliphatic heterocycles. The maximum Gasteiger partial charge on any atom is 0.410 e. The number of aryl methyl sites for hydroxylation is 1. The fraction of sp³-hybridized carbons (Fsp3) is 0.467. The molecule has 0 radical (unpaired) electrons. The standard InChI is InChI=1S/C15H20FNO5/c1-14(2,3)22-13(20)17-15(21,12(18)19)8-7-10-5-4-6-11(16)9-10/h4-6,9,21H,7-8H2,1-3H3,(H,17,20)(H,18,19)/t15-/m0/s1. The van der Waals surface area contributed by atoms with E-state index in [9.17, 15) is 19.1 Å². The first-order valence-corrected chi connectivity index (χ1v) is 6.73. The Morgan fingerprint density at radius 3 is 2.45 bits per heavy atom. The second-order valence-electron chi connectivity index (χ2n) is 5.92.